The summed E-state index contributed by atoms with van der Waals surface area (Å²) in [5.74, 6) is 0.826. The SMILES string of the molecule is NCCc1cc(Br)ccc1OCOCc1ccccc1. The first-order valence-corrected chi connectivity index (χ1v) is 7.32. The lowest BCUT2D eigenvalue weighted by Crippen LogP contribution is -2.08. The zero-order valence-electron chi connectivity index (χ0n) is 11.2. The van der Waals surface area contributed by atoms with Crippen molar-refractivity contribution >= 4 is 15.9 Å². The zero-order valence-corrected chi connectivity index (χ0v) is 12.8. The van der Waals surface area contributed by atoms with E-state index < -0.39 is 0 Å². The molecule has 0 spiro atoms. The fourth-order valence-corrected chi connectivity index (χ4v) is 2.29. The quantitative estimate of drug-likeness (QED) is 0.622. The second-order valence-electron chi connectivity index (χ2n) is 4.39. The molecule has 0 heterocycles. The molecule has 0 bridgehead atoms. The molecule has 0 amide bonds. The van der Waals surface area contributed by atoms with Crippen molar-refractivity contribution in [1.29, 1.82) is 0 Å². The molecule has 0 aliphatic heterocycles. The smallest absolute Gasteiger partial charge is 0.189 e. The lowest BCUT2D eigenvalue weighted by Gasteiger charge is -2.12. The third kappa shape index (κ3) is 4.63. The van der Waals surface area contributed by atoms with Crippen molar-refractivity contribution in [2.24, 2.45) is 5.73 Å². The van der Waals surface area contributed by atoms with Crippen LogP contribution in [0.2, 0.25) is 0 Å². The number of rotatable bonds is 7. The number of nitrogens with two attached hydrogens (primary N) is 1. The number of ether oxygens (including phenoxy) is 2. The molecule has 0 aromatic heterocycles. The summed E-state index contributed by atoms with van der Waals surface area (Å²) in [6.45, 7) is 1.37. The van der Waals surface area contributed by atoms with Crippen molar-refractivity contribution < 1.29 is 9.47 Å². The molecule has 4 heteroatoms. The third-order valence-electron chi connectivity index (χ3n) is 2.85. The summed E-state index contributed by atoms with van der Waals surface area (Å²) >= 11 is 3.45. The highest BCUT2D eigenvalue weighted by molar-refractivity contribution is 9.10. The number of hydrogen-bond donors (Lipinski definition) is 1. The van der Waals surface area contributed by atoms with Crippen LogP contribution in [-0.4, -0.2) is 13.3 Å². The minimum atomic E-state index is 0.230. The van der Waals surface area contributed by atoms with Gasteiger partial charge in [0.1, 0.15) is 5.75 Å². The minimum Gasteiger partial charge on any atom is -0.467 e. The van der Waals surface area contributed by atoms with Crippen LogP contribution in [0.15, 0.2) is 53.0 Å². The topological polar surface area (TPSA) is 44.5 Å². The largest absolute Gasteiger partial charge is 0.467 e. The molecule has 3 nitrogen and oxygen atoms in total. The van der Waals surface area contributed by atoms with E-state index in [0.717, 1.165) is 27.8 Å². The van der Waals surface area contributed by atoms with E-state index in [1.54, 1.807) is 0 Å². The summed E-state index contributed by atoms with van der Waals surface area (Å²) in [4.78, 5) is 0. The highest BCUT2D eigenvalue weighted by Gasteiger charge is 2.04. The normalized spacial score (nSPS) is 10.5. The van der Waals surface area contributed by atoms with Crippen LogP contribution in [0.1, 0.15) is 11.1 Å². The average Bonchev–Trinajstić information content (AvgIpc) is 2.47. The predicted molar refractivity (Wildman–Crippen MR) is 83.6 cm³/mol. The molecule has 0 atom stereocenters. The van der Waals surface area contributed by atoms with Crippen LogP contribution in [0, 0.1) is 0 Å². The third-order valence-corrected chi connectivity index (χ3v) is 3.34. The van der Waals surface area contributed by atoms with Crippen LogP contribution in [0.3, 0.4) is 0 Å². The molecule has 2 aromatic carbocycles. The lowest BCUT2D eigenvalue weighted by atomic mass is 10.1. The zero-order chi connectivity index (χ0) is 14.2. The molecule has 2 N–H and O–H groups in total. The maximum atomic E-state index is 5.67. The Hall–Kier alpha value is -1.36. The predicted octanol–water partition coefficient (Wildman–Crippen LogP) is 3.50. The summed E-state index contributed by atoms with van der Waals surface area (Å²) in [5, 5.41) is 0. The molecule has 2 aromatic rings. The van der Waals surface area contributed by atoms with Crippen molar-refractivity contribution in [3.8, 4) is 5.75 Å². The van der Waals surface area contributed by atoms with E-state index >= 15 is 0 Å². The van der Waals surface area contributed by atoms with E-state index in [9.17, 15) is 0 Å². The van der Waals surface area contributed by atoms with Gasteiger partial charge in [0, 0.05) is 4.47 Å². The Bertz CT molecular complexity index is 531. The van der Waals surface area contributed by atoms with Gasteiger partial charge in [0.2, 0.25) is 0 Å². The van der Waals surface area contributed by atoms with Gasteiger partial charge in [-0.05, 0) is 42.3 Å². The van der Waals surface area contributed by atoms with Gasteiger partial charge in [-0.1, -0.05) is 46.3 Å². The maximum absolute atomic E-state index is 5.67. The Morgan fingerprint density at radius 2 is 1.85 bits per heavy atom. The van der Waals surface area contributed by atoms with Crippen molar-refractivity contribution in [2.75, 3.05) is 13.3 Å². The maximum Gasteiger partial charge on any atom is 0.189 e. The Morgan fingerprint density at radius 3 is 2.60 bits per heavy atom. The van der Waals surface area contributed by atoms with Gasteiger partial charge in [-0.3, -0.25) is 0 Å². The van der Waals surface area contributed by atoms with Crippen LogP contribution in [-0.2, 0) is 17.8 Å². The number of hydrogen-bond acceptors (Lipinski definition) is 3. The average molecular weight is 336 g/mol. The molecule has 0 unspecified atom stereocenters. The fraction of sp³-hybridized carbons (Fsp3) is 0.250. The molecular formula is C16H18BrNO2. The minimum absolute atomic E-state index is 0.230. The molecule has 2 rings (SSSR count). The van der Waals surface area contributed by atoms with Gasteiger partial charge in [-0.2, -0.15) is 0 Å². The second-order valence-corrected chi connectivity index (χ2v) is 5.30. The Balaban J connectivity index is 1.84. The Labute approximate surface area is 127 Å². The molecule has 20 heavy (non-hydrogen) atoms. The molecule has 0 saturated carbocycles. The summed E-state index contributed by atoms with van der Waals surface area (Å²) in [5.41, 5.74) is 7.83. The summed E-state index contributed by atoms with van der Waals surface area (Å²) in [6.07, 6.45) is 0.785. The molecule has 0 aliphatic carbocycles. The monoisotopic (exact) mass is 335 g/mol. The fourth-order valence-electron chi connectivity index (χ4n) is 1.88. The van der Waals surface area contributed by atoms with Crippen LogP contribution in [0.25, 0.3) is 0 Å². The highest BCUT2D eigenvalue weighted by Crippen LogP contribution is 2.23. The summed E-state index contributed by atoms with van der Waals surface area (Å²) in [6, 6.07) is 15.9. The van der Waals surface area contributed by atoms with Crippen molar-refractivity contribution in [3.05, 3.63) is 64.1 Å². The second kappa shape index (κ2) is 8.04. The summed E-state index contributed by atoms with van der Waals surface area (Å²) in [7, 11) is 0. The number of halogens is 1. The molecular weight excluding hydrogens is 318 g/mol. The van der Waals surface area contributed by atoms with E-state index in [4.69, 9.17) is 15.2 Å². The first-order valence-electron chi connectivity index (χ1n) is 6.52. The molecule has 106 valence electrons. The van der Waals surface area contributed by atoms with Gasteiger partial charge < -0.3 is 15.2 Å². The van der Waals surface area contributed by atoms with Gasteiger partial charge in [-0.25, -0.2) is 0 Å². The van der Waals surface area contributed by atoms with Gasteiger partial charge in [0.25, 0.3) is 0 Å². The van der Waals surface area contributed by atoms with Gasteiger partial charge in [-0.15, -0.1) is 0 Å². The van der Waals surface area contributed by atoms with E-state index in [-0.39, 0.29) is 6.79 Å². The first-order chi connectivity index (χ1) is 9.79. The molecule has 0 radical (unpaired) electrons. The van der Waals surface area contributed by atoms with Gasteiger partial charge in [0.15, 0.2) is 6.79 Å². The lowest BCUT2D eigenvalue weighted by molar-refractivity contribution is 0.00454. The van der Waals surface area contributed by atoms with Crippen molar-refractivity contribution in [2.45, 2.75) is 13.0 Å². The van der Waals surface area contributed by atoms with E-state index in [0.29, 0.717) is 13.2 Å². The van der Waals surface area contributed by atoms with E-state index in [1.165, 1.54) is 0 Å². The molecule has 0 aliphatic rings. The number of benzene rings is 2. The van der Waals surface area contributed by atoms with Crippen LogP contribution >= 0.6 is 15.9 Å². The van der Waals surface area contributed by atoms with Gasteiger partial charge in [0.05, 0.1) is 6.61 Å². The summed E-state index contributed by atoms with van der Waals surface area (Å²) < 4.78 is 12.2. The van der Waals surface area contributed by atoms with Crippen molar-refractivity contribution in [1.82, 2.24) is 0 Å². The molecule has 0 fully saturated rings. The van der Waals surface area contributed by atoms with Crippen molar-refractivity contribution in [3.63, 3.8) is 0 Å². The Morgan fingerprint density at radius 1 is 1.05 bits per heavy atom. The first kappa shape index (κ1) is 15.0. The van der Waals surface area contributed by atoms with Crippen LogP contribution in [0.4, 0.5) is 0 Å². The molecule has 0 saturated heterocycles. The van der Waals surface area contributed by atoms with E-state index in [1.807, 2.05) is 48.5 Å². The van der Waals surface area contributed by atoms with Crippen LogP contribution in [0.5, 0.6) is 5.75 Å². The van der Waals surface area contributed by atoms with Gasteiger partial charge >= 0.3 is 0 Å². The van der Waals surface area contributed by atoms with Crippen LogP contribution < -0.4 is 10.5 Å². The standard InChI is InChI=1S/C16H18BrNO2/c17-15-6-7-16(14(10-15)8-9-18)20-12-19-11-13-4-2-1-3-5-13/h1-7,10H,8-9,11-12,18H2. The highest BCUT2D eigenvalue weighted by atomic mass is 79.9. The Kier molecular flexibility index (Phi) is 6.05. The van der Waals surface area contributed by atoms with E-state index in [2.05, 4.69) is 15.9 Å².